The molecule has 0 saturated heterocycles. The second-order valence-electron chi connectivity index (χ2n) is 2.29. The van der Waals surface area contributed by atoms with E-state index in [-0.39, 0.29) is 5.69 Å². The molecule has 0 unspecified atom stereocenters. The summed E-state index contributed by atoms with van der Waals surface area (Å²) in [6.45, 7) is 2.04. The van der Waals surface area contributed by atoms with Crippen LogP contribution in [0.5, 0.6) is 0 Å². The second-order valence-corrected chi connectivity index (χ2v) is 4.69. The van der Waals surface area contributed by atoms with E-state index in [9.17, 15) is 4.79 Å². The number of aromatic nitrogens is 1. The number of aromatic carboxylic acids is 1. The van der Waals surface area contributed by atoms with Crippen LogP contribution in [0, 0.1) is 0 Å². The Hall–Kier alpha value is -0.420. The van der Waals surface area contributed by atoms with Crippen molar-refractivity contribution in [1.82, 2.24) is 4.98 Å². The molecule has 66 valence electrons. The predicted octanol–water partition coefficient (Wildman–Crippen LogP) is 2.56. The van der Waals surface area contributed by atoms with Gasteiger partial charge in [-0.1, -0.05) is 6.92 Å². The van der Waals surface area contributed by atoms with E-state index in [0.717, 1.165) is 17.8 Å². The fraction of sp³-hybridized carbons (Fsp3) is 0.429. The second kappa shape index (κ2) is 4.00. The van der Waals surface area contributed by atoms with Crippen LogP contribution in [0.15, 0.2) is 3.79 Å². The lowest BCUT2D eigenvalue weighted by atomic mass is 10.3. The Balaban J connectivity index is 2.92. The molecule has 0 aromatic carbocycles. The molecule has 0 saturated carbocycles. The molecule has 0 aliphatic heterocycles. The van der Waals surface area contributed by atoms with E-state index < -0.39 is 5.97 Å². The largest absolute Gasteiger partial charge is 0.476 e. The molecule has 1 aromatic heterocycles. The highest BCUT2D eigenvalue weighted by Gasteiger charge is 2.14. The van der Waals surface area contributed by atoms with Crippen molar-refractivity contribution < 1.29 is 9.90 Å². The minimum atomic E-state index is -0.972. The molecule has 0 bridgehead atoms. The quantitative estimate of drug-likeness (QED) is 0.896. The summed E-state index contributed by atoms with van der Waals surface area (Å²) in [4.78, 5) is 14.5. The van der Waals surface area contributed by atoms with Gasteiger partial charge >= 0.3 is 5.97 Å². The lowest BCUT2D eigenvalue weighted by molar-refractivity contribution is 0.0690. The number of nitrogens with zero attached hydrogens (tertiary/aromatic N) is 1. The topological polar surface area (TPSA) is 50.2 Å². The van der Waals surface area contributed by atoms with Crippen molar-refractivity contribution in [2.75, 3.05) is 0 Å². The Bertz CT molecular complexity index is 298. The summed E-state index contributed by atoms with van der Waals surface area (Å²) >= 11 is 4.55. The first-order valence-corrected chi connectivity index (χ1v) is 5.14. The van der Waals surface area contributed by atoms with Gasteiger partial charge in [-0.15, -0.1) is 11.3 Å². The number of carbonyl (C=O) groups is 1. The molecular formula is C7H8BrNO2S. The van der Waals surface area contributed by atoms with Crippen LogP contribution >= 0.6 is 27.3 Å². The lowest BCUT2D eigenvalue weighted by Gasteiger charge is -1.86. The summed E-state index contributed by atoms with van der Waals surface area (Å²) in [7, 11) is 0. The zero-order valence-corrected chi connectivity index (χ0v) is 8.91. The Morgan fingerprint density at radius 1 is 1.75 bits per heavy atom. The monoisotopic (exact) mass is 249 g/mol. The van der Waals surface area contributed by atoms with Crippen molar-refractivity contribution in [3.8, 4) is 0 Å². The summed E-state index contributed by atoms with van der Waals surface area (Å²) in [6.07, 6.45) is 1.83. The van der Waals surface area contributed by atoms with Crippen molar-refractivity contribution in [3.63, 3.8) is 0 Å². The van der Waals surface area contributed by atoms with Gasteiger partial charge in [0.15, 0.2) is 5.69 Å². The van der Waals surface area contributed by atoms with Gasteiger partial charge in [0.2, 0.25) is 0 Å². The zero-order valence-electron chi connectivity index (χ0n) is 6.50. The third-order valence-electron chi connectivity index (χ3n) is 1.30. The van der Waals surface area contributed by atoms with Crippen LogP contribution in [0.3, 0.4) is 0 Å². The van der Waals surface area contributed by atoms with Crippen LogP contribution in [0.2, 0.25) is 0 Å². The summed E-state index contributed by atoms with van der Waals surface area (Å²) in [5.41, 5.74) is 0.128. The lowest BCUT2D eigenvalue weighted by Crippen LogP contribution is -1.97. The van der Waals surface area contributed by atoms with E-state index in [1.807, 2.05) is 6.92 Å². The van der Waals surface area contributed by atoms with Gasteiger partial charge in [0.1, 0.15) is 3.79 Å². The van der Waals surface area contributed by atoms with Crippen molar-refractivity contribution >= 4 is 33.2 Å². The number of hydrogen-bond donors (Lipinski definition) is 1. The van der Waals surface area contributed by atoms with E-state index >= 15 is 0 Å². The molecule has 0 fully saturated rings. The molecule has 0 radical (unpaired) electrons. The fourth-order valence-corrected chi connectivity index (χ4v) is 2.49. The van der Waals surface area contributed by atoms with Gasteiger partial charge in [0, 0.05) is 0 Å². The third kappa shape index (κ3) is 2.04. The van der Waals surface area contributed by atoms with Gasteiger partial charge in [-0.3, -0.25) is 0 Å². The number of carboxylic acid groups (broad SMARTS) is 1. The average Bonchev–Trinajstić information content (AvgIpc) is 2.32. The van der Waals surface area contributed by atoms with Crippen molar-refractivity contribution in [1.29, 1.82) is 0 Å². The van der Waals surface area contributed by atoms with Crippen LogP contribution in [0.25, 0.3) is 0 Å². The maximum atomic E-state index is 10.6. The molecule has 1 aromatic rings. The predicted molar refractivity (Wildman–Crippen MR) is 50.8 cm³/mol. The Kier molecular flexibility index (Phi) is 3.22. The molecule has 3 nitrogen and oxygen atoms in total. The molecular weight excluding hydrogens is 242 g/mol. The first-order chi connectivity index (χ1) is 5.65. The highest BCUT2D eigenvalue weighted by Crippen LogP contribution is 2.25. The normalized spacial score (nSPS) is 10.2. The van der Waals surface area contributed by atoms with Crippen molar-refractivity contribution in [2.45, 2.75) is 19.8 Å². The van der Waals surface area contributed by atoms with Crippen LogP contribution in [-0.4, -0.2) is 16.1 Å². The maximum Gasteiger partial charge on any atom is 0.356 e. The molecule has 0 atom stereocenters. The van der Waals surface area contributed by atoms with Crippen LogP contribution in [0.1, 0.15) is 28.8 Å². The third-order valence-corrected chi connectivity index (χ3v) is 3.06. The van der Waals surface area contributed by atoms with Gasteiger partial charge < -0.3 is 5.11 Å². The number of thiazole rings is 1. The van der Waals surface area contributed by atoms with Gasteiger partial charge in [-0.25, -0.2) is 9.78 Å². The first-order valence-electron chi connectivity index (χ1n) is 3.53. The van der Waals surface area contributed by atoms with Gasteiger partial charge in [0.05, 0.1) is 5.01 Å². The van der Waals surface area contributed by atoms with Crippen LogP contribution in [-0.2, 0) is 6.42 Å². The Morgan fingerprint density at radius 3 is 2.83 bits per heavy atom. The number of aryl methyl sites for hydroxylation is 1. The van der Waals surface area contributed by atoms with E-state index in [1.165, 1.54) is 11.3 Å². The number of halogens is 1. The molecule has 1 heterocycles. The summed E-state index contributed by atoms with van der Waals surface area (Å²) < 4.78 is 0.610. The van der Waals surface area contributed by atoms with E-state index in [0.29, 0.717) is 3.79 Å². The average molecular weight is 250 g/mol. The van der Waals surface area contributed by atoms with E-state index in [4.69, 9.17) is 5.11 Å². The molecule has 0 amide bonds. The van der Waals surface area contributed by atoms with Gasteiger partial charge in [-0.2, -0.15) is 0 Å². The standard InChI is InChI=1S/C7H8BrNO2S/c1-2-3-4-9-5(7(10)11)6(8)12-4/h2-3H2,1H3,(H,10,11). The van der Waals surface area contributed by atoms with Crippen molar-refractivity contribution in [2.24, 2.45) is 0 Å². The maximum absolute atomic E-state index is 10.6. The summed E-state index contributed by atoms with van der Waals surface area (Å²) in [5, 5.41) is 9.54. The van der Waals surface area contributed by atoms with Gasteiger partial charge in [0.25, 0.3) is 0 Å². The van der Waals surface area contributed by atoms with Crippen molar-refractivity contribution in [3.05, 3.63) is 14.5 Å². The first kappa shape index (κ1) is 9.67. The Labute approximate surface area is 82.6 Å². The molecule has 0 aliphatic rings. The van der Waals surface area contributed by atoms with Crippen LogP contribution in [0.4, 0.5) is 0 Å². The fourth-order valence-electron chi connectivity index (χ4n) is 0.796. The Morgan fingerprint density at radius 2 is 2.42 bits per heavy atom. The molecule has 12 heavy (non-hydrogen) atoms. The minimum Gasteiger partial charge on any atom is -0.476 e. The van der Waals surface area contributed by atoms with E-state index in [1.54, 1.807) is 0 Å². The smallest absolute Gasteiger partial charge is 0.356 e. The highest BCUT2D eigenvalue weighted by molar-refractivity contribution is 9.11. The number of hydrogen-bond acceptors (Lipinski definition) is 3. The molecule has 0 aliphatic carbocycles. The number of rotatable bonds is 3. The molecule has 0 spiro atoms. The van der Waals surface area contributed by atoms with Crippen LogP contribution < -0.4 is 0 Å². The minimum absolute atomic E-state index is 0.128. The zero-order chi connectivity index (χ0) is 9.14. The summed E-state index contributed by atoms with van der Waals surface area (Å²) in [6, 6.07) is 0. The molecule has 1 N–H and O–H groups in total. The molecule has 1 rings (SSSR count). The number of carboxylic acids is 1. The molecule has 5 heteroatoms. The van der Waals surface area contributed by atoms with E-state index in [2.05, 4.69) is 20.9 Å². The van der Waals surface area contributed by atoms with Gasteiger partial charge in [-0.05, 0) is 28.8 Å². The highest BCUT2D eigenvalue weighted by atomic mass is 79.9. The SMILES string of the molecule is CCCc1nc(C(=O)O)c(Br)s1. The summed E-state index contributed by atoms with van der Waals surface area (Å²) in [5.74, 6) is -0.972.